The minimum Gasteiger partial charge on any atom is -0.392 e. The molecule has 104 valence electrons. The van der Waals surface area contributed by atoms with E-state index in [4.69, 9.17) is 0 Å². The zero-order chi connectivity index (χ0) is 14.1. The number of aliphatic hydroxyl groups excluding tert-OH is 1. The van der Waals surface area contributed by atoms with Gasteiger partial charge >= 0.3 is 0 Å². The van der Waals surface area contributed by atoms with Crippen molar-refractivity contribution in [2.24, 2.45) is 0 Å². The maximum absolute atomic E-state index is 13.7. The molecule has 0 aromatic heterocycles. The summed E-state index contributed by atoms with van der Waals surface area (Å²) in [5, 5.41) is 10.5. The van der Waals surface area contributed by atoms with E-state index in [0.717, 1.165) is 10.9 Å². The maximum atomic E-state index is 13.7. The van der Waals surface area contributed by atoms with E-state index >= 15 is 0 Å². The molecule has 2 aromatic carbocycles. The molecule has 1 heterocycles. The van der Waals surface area contributed by atoms with Crippen LogP contribution >= 0.6 is 27.7 Å². The lowest BCUT2D eigenvalue weighted by molar-refractivity contribution is 0.171. The van der Waals surface area contributed by atoms with Crippen LogP contribution in [-0.2, 0) is 12.8 Å². The third-order valence-corrected chi connectivity index (χ3v) is 5.47. The Morgan fingerprint density at radius 3 is 2.90 bits per heavy atom. The Labute approximate surface area is 130 Å². The highest BCUT2D eigenvalue weighted by atomic mass is 79.9. The van der Waals surface area contributed by atoms with Crippen molar-refractivity contribution in [3.8, 4) is 0 Å². The first-order chi connectivity index (χ1) is 9.63. The molecule has 0 spiro atoms. The monoisotopic (exact) mass is 352 g/mol. The first-order valence-corrected chi connectivity index (χ1v) is 8.17. The zero-order valence-electron chi connectivity index (χ0n) is 10.7. The van der Waals surface area contributed by atoms with Crippen LogP contribution in [0.15, 0.2) is 51.8 Å². The van der Waals surface area contributed by atoms with Gasteiger partial charge in [0, 0.05) is 21.0 Å². The fourth-order valence-electron chi connectivity index (χ4n) is 2.48. The number of benzene rings is 2. The summed E-state index contributed by atoms with van der Waals surface area (Å²) in [4.78, 5) is 1.23. The number of aliphatic hydroxyl groups is 1. The lowest BCUT2D eigenvalue weighted by atomic mass is 10.0. The van der Waals surface area contributed by atoms with Crippen LogP contribution in [0.4, 0.5) is 4.39 Å². The van der Waals surface area contributed by atoms with Crippen molar-refractivity contribution in [1.82, 2.24) is 0 Å². The number of hydrogen-bond acceptors (Lipinski definition) is 2. The number of halogens is 2. The van der Waals surface area contributed by atoms with Gasteiger partial charge in [-0.1, -0.05) is 34.1 Å². The van der Waals surface area contributed by atoms with Crippen LogP contribution < -0.4 is 0 Å². The van der Waals surface area contributed by atoms with Crippen LogP contribution in [0, 0.1) is 5.82 Å². The number of thioether (sulfide) groups is 1. The minimum atomic E-state index is -0.545. The molecule has 0 aliphatic carbocycles. The Kier molecular flexibility index (Phi) is 4.15. The number of hydrogen-bond donors (Lipinski definition) is 1. The van der Waals surface area contributed by atoms with E-state index in [9.17, 15) is 9.50 Å². The van der Waals surface area contributed by atoms with Crippen LogP contribution in [0.1, 0.15) is 11.1 Å². The quantitative estimate of drug-likeness (QED) is 0.892. The fourth-order valence-corrected chi connectivity index (χ4v) is 4.19. The van der Waals surface area contributed by atoms with Gasteiger partial charge in [-0.25, -0.2) is 4.39 Å². The van der Waals surface area contributed by atoms with Gasteiger partial charge in [-0.2, -0.15) is 0 Å². The van der Waals surface area contributed by atoms with E-state index in [1.54, 1.807) is 23.9 Å². The second-order valence-corrected chi connectivity index (χ2v) is 7.17. The van der Waals surface area contributed by atoms with E-state index in [1.165, 1.54) is 16.5 Å². The second kappa shape index (κ2) is 5.88. The highest BCUT2D eigenvalue weighted by Gasteiger charge is 2.28. The van der Waals surface area contributed by atoms with E-state index in [0.29, 0.717) is 12.0 Å². The summed E-state index contributed by atoms with van der Waals surface area (Å²) >= 11 is 5.03. The zero-order valence-corrected chi connectivity index (χ0v) is 13.1. The second-order valence-electron chi connectivity index (χ2n) is 4.98. The SMILES string of the molecule is OC(Cc1cc(Br)ccc1F)C1Cc2ccccc2S1. The van der Waals surface area contributed by atoms with Crippen LogP contribution in [0.25, 0.3) is 0 Å². The molecule has 1 aliphatic heterocycles. The van der Waals surface area contributed by atoms with Crippen molar-refractivity contribution in [1.29, 1.82) is 0 Å². The molecule has 0 fully saturated rings. The van der Waals surface area contributed by atoms with Crippen molar-refractivity contribution in [3.63, 3.8) is 0 Å². The molecule has 2 unspecified atom stereocenters. The normalized spacial score (nSPS) is 18.9. The Morgan fingerprint density at radius 2 is 2.10 bits per heavy atom. The van der Waals surface area contributed by atoms with Gasteiger partial charge in [0.05, 0.1) is 6.10 Å². The molecular formula is C16H14BrFOS. The highest BCUT2D eigenvalue weighted by Crippen LogP contribution is 2.39. The molecular weight excluding hydrogens is 339 g/mol. The summed E-state index contributed by atoms with van der Waals surface area (Å²) in [6, 6.07) is 13.0. The lowest BCUT2D eigenvalue weighted by Gasteiger charge is -2.17. The largest absolute Gasteiger partial charge is 0.392 e. The molecule has 0 saturated heterocycles. The molecule has 1 nitrogen and oxygen atoms in total. The van der Waals surface area contributed by atoms with Gasteiger partial charge < -0.3 is 5.11 Å². The molecule has 2 aromatic rings. The molecule has 20 heavy (non-hydrogen) atoms. The predicted molar refractivity (Wildman–Crippen MR) is 83.6 cm³/mol. The van der Waals surface area contributed by atoms with Crippen LogP contribution in [-0.4, -0.2) is 16.5 Å². The lowest BCUT2D eigenvalue weighted by Crippen LogP contribution is -2.25. The van der Waals surface area contributed by atoms with Gasteiger partial charge in [0.1, 0.15) is 5.82 Å². The molecule has 0 amide bonds. The summed E-state index contributed by atoms with van der Waals surface area (Å²) in [6.07, 6.45) is 0.644. The Hall–Kier alpha value is -0.840. The van der Waals surface area contributed by atoms with Gasteiger partial charge in [-0.15, -0.1) is 11.8 Å². The smallest absolute Gasteiger partial charge is 0.126 e. The Morgan fingerprint density at radius 1 is 1.30 bits per heavy atom. The standard InChI is InChI=1S/C16H14BrFOS/c17-12-5-6-13(18)11(7-12)8-14(19)16-9-10-3-1-2-4-15(10)20-16/h1-7,14,16,19H,8-9H2. The molecule has 0 saturated carbocycles. The molecule has 0 radical (unpaired) electrons. The number of fused-ring (bicyclic) bond motifs is 1. The van der Waals surface area contributed by atoms with E-state index in [1.807, 2.05) is 12.1 Å². The molecule has 3 rings (SSSR count). The summed E-state index contributed by atoms with van der Waals surface area (Å²) in [7, 11) is 0. The summed E-state index contributed by atoms with van der Waals surface area (Å²) in [5.74, 6) is -0.257. The van der Waals surface area contributed by atoms with E-state index in [2.05, 4.69) is 28.1 Å². The third kappa shape index (κ3) is 2.92. The van der Waals surface area contributed by atoms with Crippen molar-refractivity contribution >= 4 is 27.7 Å². The first kappa shape index (κ1) is 14.1. The molecule has 4 heteroatoms. The van der Waals surface area contributed by atoms with Crippen molar-refractivity contribution in [2.45, 2.75) is 29.1 Å². The fraction of sp³-hybridized carbons (Fsp3) is 0.250. The molecule has 1 aliphatic rings. The predicted octanol–water partition coefficient (Wildman–Crippen LogP) is 4.21. The summed E-state index contributed by atoms with van der Waals surface area (Å²) < 4.78 is 14.6. The Balaban J connectivity index is 1.72. The van der Waals surface area contributed by atoms with E-state index in [-0.39, 0.29) is 11.1 Å². The van der Waals surface area contributed by atoms with Crippen LogP contribution in [0.5, 0.6) is 0 Å². The van der Waals surface area contributed by atoms with Crippen LogP contribution in [0.3, 0.4) is 0 Å². The van der Waals surface area contributed by atoms with Gasteiger partial charge in [-0.05, 0) is 41.8 Å². The van der Waals surface area contributed by atoms with Gasteiger partial charge in [0.25, 0.3) is 0 Å². The van der Waals surface area contributed by atoms with E-state index < -0.39 is 6.10 Å². The Bertz CT molecular complexity index is 607. The van der Waals surface area contributed by atoms with Crippen molar-refractivity contribution < 1.29 is 9.50 Å². The number of rotatable bonds is 3. The topological polar surface area (TPSA) is 20.2 Å². The molecule has 1 N–H and O–H groups in total. The van der Waals surface area contributed by atoms with Crippen molar-refractivity contribution in [2.75, 3.05) is 0 Å². The molecule has 0 bridgehead atoms. The highest BCUT2D eigenvalue weighted by molar-refractivity contribution is 9.10. The average Bonchev–Trinajstić information content (AvgIpc) is 2.87. The van der Waals surface area contributed by atoms with Gasteiger partial charge in [0.2, 0.25) is 0 Å². The van der Waals surface area contributed by atoms with Crippen LogP contribution in [0.2, 0.25) is 0 Å². The average molecular weight is 353 g/mol. The van der Waals surface area contributed by atoms with Gasteiger partial charge in [0.15, 0.2) is 0 Å². The maximum Gasteiger partial charge on any atom is 0.126 e. The first-order valence-electron chi connectivity index (χ1n) is 6.50. The summed E-state index contributed by atoms with van der Waals surface area (Å²) in [5.41, 5.74) is 1.83. The van der Waals surface area contributed by atoms with Crippen molar-refractivity contribution in [3.05, 3.63) is 63.9 Å². The summed E-state index contributed by atoms with van der Waals surface area (Å²) in [6.45, 7) is 0. The van der Waals surface area contributed by atoms with Gasteiger partial charge in [-0.3, -0.25) is 0 Å². The third-order valence-electron chi connectivity index (χ3n) is 3.54. The molecule has 2 atom stereocenters. The minimum absolute atomic E-state index is 0.103.